The van der Waals surface area contributed by atoms with E-state index in [4.69, 9.17) is 0 Å². The van der Waals surface area contributed by atoms with Crippen LogP contribution >= 0.6 is 15.9 Å². The number of hydrogen-bond acceptors (Lipinski definition) is 3. The number of halogens is 1. The molecule has 0 amide bonds. The first-order chi connectivity index (χ1) is 10.1. The molecular formula is C15H11BrN2O2S. The highest BCUT2D eigenvalue weighted by Gasteiger charge is 2.18. The molecule has 0 saturated heterocycles. The maximum Gasteiger partial charge on any atom is 0.262 e. The molecule has 106 valence electrons. The zero-order chi connectivity index (χ0) is 14.9. The molecule has 1 heterocycles. The molecule has 0 spiro atoms. The van der Waals surface area contributed by atoms with Crippen molar-refractivity contribution in [3.63, 3.8) is 0 Å². The van der Waals surface area contributed by atoms with Crippen molar-refractivity contribution >= 4 is 42.4 Å². The van der Waals surface area contributed by atoms with Gasteiger partial charge in [-0.15, -0.1) is 0 Å². The predicted molar refractivity (Wildman–Crippen MR) is 86.7 cm³/mol. The summed E-state index contributed by atoms with van der Waals surface area (Å²) in [7, 11) is -3.66. The van der Waals surface area contributed by atoms with Crippen LogP contribution in [0, 0.1) is 0 Å². The molecule has 0 saturated carbocycles. The van der Waals surface area contributed by atoms with Gasteiger partial charge in [-0.3, -0.25) is 9.71 Å². The minimum Gasteiger partial charge on any atom is -0.280 e. The summed E-state index contributed by atoms with van der Waals surface area (Å²) in [5, 5.41) is 1.53. The van der Waals surface area contributed by atoms with Gasteiger partial charge in [0.15, 0.2) is 0 Å². The number of benzene rings is 2. The highest BCUT2D eigenvalue weighted by molar-refractivity contribution is 9.10. The Hall–Kier alpha value is -1.92. The second kappa shape index (κ2) is 5.46. The molecule has 0 atom stereocenters. The molecule has 3 aromatic rings. The van der Waals surface area contributed by atoms with E-state index in [9.17, 15) is 8.42 Å². The van der Waals surface area contributed by atoms with E-state index in [1.165, 1.54) is 12.4 Å². The van der Waals surface area contributed by atoms with E-state index in [1.54, 1.807) is 30.3 Å². The quantitative estimate of drug-likeness (QED) is 0.770. The summed E-state index contributed by atoms with van der Waals surface area (Å²) in [6.45, 7) is 0. The molecule has 21 heavy (non-hydrogen) atoms. The Morgan fingerprint density at radius 2 is 1.57 bits per heavy atom. The highest BCUT2D eigenvalue weighted by atomic mass is 79.9. The third-order valence-electron chi connectivity index (χ3n) is 3.05. The van der Waals surface area contributed by atoms with E-state index in [1.807, 2.05) is 18.2 Å². The highest BCUT2D eigenvalue weighted by Crippen LogP contribution is 2.30. The standard InChI is InChI=1S/C15H11BrN2O2S/c16-14-5-6-15(13-4-2-1-3-12(13)14)21(19,20)18-11-7-9-17-10-8-11/h1-10H,(H,17,18). The van der Waals surface area contributed by atoms with Crippen molar-refractivity contribution in [3.05, 3.63) is 65.4 Å². The Kier molecular flexibility index (Phi) is 3.65. The first-order valence-electron chi connectivity index (χ1n) is 6.18. The Labute approximate surface area is 131 Å². The van der Waals surface area contributed by atoms with Crippen LogP contribution in [0.4, 0.5) is 5.69 Å². The van der Waals surface area contributed by atoms with Crippen molar-refractivity contribution in [2.45, 2.75) is 4.90 Å². The smallest absolute Gasteiger partial charge is 0.262 e. The average Bonchev–Trinajstić information content (AvgIpc) is 2.48. The van der Waals surface area contributed by atoms with E-state index in [-0.39, 0.29) is 4.90 Å². The third-order valence-corrected chi connectivity index (χ3v) is 5.18. The lowest BCUT2D eigenvalue weighted by atomic mass is 10.1. The van der Waals surface area contributed by atoms with Crippen LogP contribution in [0.3, 0.4) is 0 Å². The van der Waals surface area contributed by atoms with E-state index in [0.29, 0.717) is 11.1 Å². The van der Waals surface area contributed by atoms with Gasteiger partial charge in [0, 0.05) is 22.3 Å². The SMILES string of the molecule is O=S(=O)(Nc1ccncc1)c1ccc(Br)c2ccccc12. The number of nitrogens with one attached hydrogen (secondary N) is 1. The maximum absolute atomic E-state index is 12.6. The van der Waals surface area contributed by atoms with Crippen LogP contribution in [0.2, 0.25) is 0 Å². The Morgan fingerprint density at radius 3 is 2.29 bits per heavy atom. The summed E-state index contributed by atoms with van der Waals surface area (Å²) in [5.74, 6) is 0. The van der Waals surface area contributed by atoms with Crippen LogP contribution < -0.4 is 4.72 Å². The normalized spacial score (nSPS) is 11.5. The van der Waals surface area contributed by atoms with Gasteiger partial charge in [0.05, 0.1) is 10.6 Å². The van der Waals surface area contributed by atoms with Crippen LogP contribution in [0.25, 0.3) is 10.8 Å². The second-order valence-electron chi connectivity index (χ2n) is 4.43. The van der Waals surface area contributed by atoms with Crippen molar-refractivity contribution in [2.75, 3.05) is 4.72 Å². The monoisotopic (exact) mass is 362 g/mol. The first-order valence-corrected chi connectivity index (χ1v) is 8.46. The number of rotatable bonds is 3. The molecule has 0 fully saturated rings. The molecular weight excluding hydrogens is 352 g/mol. The lowest BCUT2D eigenvalue weighted by Crippen LogP contribution is -2.13. The number of aromatic nitrogens is 1. The minimum absolute atomic E-state index is 0.248. The van der Waals surface area contributed by atoms with Crippen LogP contribution in [0.5, 0.6) is 0 Å². The molecule has 6 heteroatoms. The van der Waals surface area contributed by atoms with Gasteiger partial charge in [0.25, 0.3) is 10.0 Å². The van der Waals surface area contributed by atoms with E-state index < -0.39 is 10.0 Å². The molecule has 0 aliphatic heterocycles. The molecule has 0 radical (unpaired) electrons. The Bertz CT molecular complexity index is 896. The van der Waals surface area contributed by atoms with Crippen LogP contribution in [0.15, 0.2) is 70.3 Å². The van der Waals surface area contributed by atoms with Crippen molar-refractivity contribution < 1.29 is 8.42 Å². The number of hydrogen-bond donors (Lipinski definition) is 1. The van der Waals surface area contributed by atoms with Crippen LogP contribution in [-0.2, 0) is 10.0 Å². The van der Waals surface area contributed by atoms with Crippen LogP contribution in [0.1, 0.15) is 0 Å². The first kappa shape index (κ1) is 14.0. The lowest BCUT2D eigenvalue weighted by molar-refractivity contribution is 0.602. The molecule has 2 aromatic carbocycles. The summed E-state index contributed by atoms with van der Waals surface area (Å²) in [4.78, 5) is 4.12. The van der Waals surface area contributed by atoms with Gasteiger partial charge in [0.2, 0.25) is 0 Å². The number of pyridine rings is 1. The van der Waals surface area contributed by atoms with Crippen molar-refractivity contribution in [1.29, 1.82) is 0 Å². The van der Waals surface area contributed by atoms with E-state index in [0.717, 1.165) is 9.86 Å². The minimum atomic E-state index is -3.66. The molecule has 1 aromatic heterocycles. The topological polar surface area (TPSA) is 59.1 Å². The largest absolute Gasteiger partial charge is 0.280 e. The van der Waals surface area contributed by atoms with Gasteiger partial charge >= 0.3 is 0 Å². The number of sulfonamides is 1. The van der Waals surface area contributed by atoms with Crippen molar-refractivity contribution in [1.82, 2.24) is 4.98 Å². The maximum atomic E-state index is 12.6. The van der Waals surface area contributed by atoms with Gasteiger partial charge in [-0.1, -0.05) is 40.2 Å². The fourth-order valence-electron chi connectivity index (χ4n) is 2.10. The summed E-state index contributed by atoms with van der Waals surface area (Å²) in [5.41, 5.74) is 0.483. The third kappa shape index (κ3) is 2.77. The number of nitrogens with zero attached hydrogens (tertiary/aromatic N) is 1. The molecule has 0 aliphatic rings. The molecule has 0 aliphatic carbocycles. The van der Waals surface area contributed by atoms with Gasteiger partial charge in [0.1, 0.15) is 0 Å². The van der Waals surface area contributed by atoms with Crippen molar-refractivity contribution in [3.8, 4) is 0 Å². The second-order valence-corrected chi connectivity index (χ2v) is 6.94. The summed E-state index contributed by atoms with van der Waals surface area (Å²) < 4.78 is 28.6. The zero-order valence-electron chi connectivity index (χ0n) is 10.8. The van der Waals surface area contributed by atoms with Gasteiger partial charge in [-0.05, 0) is 29.7 Å². The van der Waals surface area contributed by atoms with E-state index in [2.05, 4.69) is 25.6 Å². The lowest BCUT2D eigenvalue weighted by Gasteiger charge is -2.11. The molecule has 4 nitrogen and oxygen atoms in total. The molecule has 3 rings (SSSR count). The molecule has 1 N–H and O–H groups in total. The van der Waals surface area contributed by atoms with E-state index >= 15 is 0 Å². The molecule has 0 bridgehead atoms. The van der Waals surface area contributed by atoms with Crippen molar-refractivity contribution in [2.24, 2.45) is 0 Å². The average molecular weight is 363 g/mol. The summed E-state index contributed by atoms with van der Waals surface area (Å²) in [6.07, 6.45) is 3.08. The summed E-state index contributed by atoms with van der Waals surface area (Å²) in [6, 6.07) is 13.9. The van der Waals surface area contributed by atoms with Gasteiger partial charge < -0.3 is 0 Å². The predicted octanol–water partition coefficient (Wildman–Crippen LogP) is 3.80. The van der Waals surface area contributed by atoms with Gasteiger partial charge in [-0.2, -0.15) is 0 Å². The van der Waals surface area contributed by atoms with Crippen LogP contribution in [-0.4, -0.2) is 13.4 Å². The fourth-order valence-corrected chi connectivity index (χ4v) is 3.85. The zero-order valence-corrected chi connectivity index (χ0v) is 13.2. The Morgan fingerprint density at radius 1 is 0.905 bits per heavy atom. The summed E-state index contributed by atoms with van der Waals surface area (Å²) >= 11 is 3.44. The molecule has 0 unspecified atom stereocenters. The Balaban J connectivity index is 2.14. The fraction of sp³-hybridized carbons (Fsp3) is 0. The number of fused-ring (bicyclic) bond motifs is 1. The number of anilines is 1. The van der Waals surface area contributed by atoms with Gasteiger partial charge in [-0.25, -0.2) is 8.42 Å².